The summed E-state index contributed by atoms with van der Waals surface area (Å²) in [4.78, 5) is 27.7. The maximum atomic E-state index is 12.6. The van der Waals surface area contributed by atoms with Crippen LogP contribution in [0.2, 0.25) is 0 Å². The molecule has 162 valence electrons. The largest absolute Gasteiger partial charge is 0.378 e. The quantitative estimate of drug-likeness (QED) is 0.621. The van der Waals surface area contributed by atoms with Gasteiger partial charge < -0.3 is 24.8 Å². The molecule has 10 heteroatoms. The van der Waals surface area contributed by atoms with Gasteiger partial charge in [-0.25, -0.2) is 9.78 Å². The number of carbonyl (C=O) groups is 1. The number of pyridine rings is 2. The van der Waals surface area contributed by atoms with Crippen molar-refractivity contribution in [2.75, 3.05) is 36.5 Å². The number of morpholine rings is 1. The van der Waals surface area contributed by atoms with Gasteiger partial charge in [0.25, 0.3) is 0 Å². The minimum Gasteiger partial charge on any atom is -0.378 e. The maximum absolute atomic E-state index is 12.6. The van der Waals surface area contributed by atoms with E-state index in [9.17, 15) is 4.79 Å². The zero-order chi connectivity index (χ0) is 21.6. The van der Waals surface area contributed by atoms with Crippen LogP contribution in [0.5, 0.6) is 0 Å². The highest BCUT2D eigenvalue weighted by molar-refractivity contribution is 5.89. The van der Waals surface area contributed by atoms with E-state index in [1.165, 1.54) is 0 Å². The van der Waals surface area contributed by atoms with E-state index in [1.807, 2.05) is 32.0 Å². The second-order valence-corrected chi connectivity index (χ2v) is 7.52. The van der Waals surface area contributed by atoms with Crippen LogP contribution < -0.4 is 15.5 Å². The molecular formula is C21H25N7O3. The molecule has 4 heterocycles. The van der Waals surface area contributed by atoms with Gasteiger partial charge in [-0.15, -0.1) is 0 Å². The molecule has 10 nitrogen and oxygen atoms in total. The molecule has 0 bridgehead atoms. The van der Waals surface area contributed by atoms with Crippen molar-refractivity contribution in [3.8, 4) is 11.4 Å². The number of anilines is 2. The fourth-order valence-corrected chi connectivity index (χ4v) is 3.24. The minimum absolute atomic E-state index is 0.0368. The monoisotopic (exact) mass is 423 g/mol. The van der Waals surface area contributed by atoms with Crippen molar-refractivity contribution in [2.45, 2.75) is 19.9 Å². The Balaban J connectivity index is 1.39. The fraction of sp³-hybridized carbons (Fsp3) is 0.381. The molecule has 1 unspecified atom stereocenters. The average molecular weight is 423 g/mol. The number of aromatic nitrogens is 4. The Morgan fingerprint density at radius 2 is 2.00 bits per heavy atom. The first kappa shape index (κ1) is 20.7. The van der Waals surface area contributed by atoms with Crippen molar-refractivity contribution in [3.05, 3.63) is 48.7 Å². The summed E-state index contributed by atoms with van der Waals surface area (Å²) in [5.74, 6) is 1.67. The molecule has 1 aliphatic rings. The molecular weight excluding hydrogens is 398 g/mol. The molecule has 0 radical (unpaired) electrons. The summed E-state index contributed by atoms with van der Waals surface area (Å²) in [5, 5.41) is 9.73. The van der Waals surface area contributed by atoms with Crippen molar-refractivity contribution in [1.82, 2.24) is 25.4 Å². The molecule has 0 spiro atoms. The Hall–Kier alpha value is -3.53. The number of carbonyl (C=O) groups excluding carboxylic acids is 1. The smallest absolute Gasteiger partial charge is 0.319 e. The molecule has 31 heavy (non-hydrogen) atoms. The third kappa shape index (κ3) is 5.15. The van der Waals surface area contributed by atoms with Gasteiger partial charge in [0.1, 0.15) is 11.9 Å². The molecule has 2 amide bonds. The van der Waals surface area contributed by atoms with Crippen LogP contribution in [-0.2, 0) is 4.74 Å². The van der Waals surface area contributed by atoms with E-state index >= 15 is 0 Å². The van der Waals surface area contributed by atoms with Crippen LogP contribution in [0.4, 0.5) is 16.3 Å². The molecule has 0 aliphatic carbocycles. The summed E-state index contributed by atoms with van der Waals surface area (Å²) < 4.78 is 10.8. The first-order chi connectivity index (χ1) is 15.1. The molecule has 2 N–H and O–H groups in total. The van der Waals surface area contributed by atoms with Crippen LogP contribution >= 0.6 is 0 Å². The molecule has 3 aromatic rings. The third-order valence-corrected chi connectivity index (χ3v) is 4.92. The van der Waals surface area contributed by atoms with Crippen LogP contribution in [0.15, 0.2) is 47.4 Å². The van der Waals surface area contributed by atoms with E-state index in [4.69, 9.17) is 9.26 Å². The number of nitrogens with one attached hydrogen (secondary N) is 2. The van der Waals surface area contributed by atoms with E-state index in [2.05, 4.69) is 35.6 Å². The van der Waals surface area contributed by atoms with E-state index in [-0.39, 0.29) is 11.9 Å². The lowest BCUT2D eigenvalue weighted by Gasteiger charge is -2.27. The van der Waals surface area contributed by atoms with Gasteiger partial charge in [0, 0.05) is 31.0 Å². The number of hydrogen-bond donors (Lipinski definition) is 2. The van der Waals surface area contributed by atoms with Crippen LogP contribution in [0.1, 0.15) is 25.8 Å². The lowest BCUT2D eigenvalue weighted by molar-refractivity contribution is 0.122. The number of urea groups is 1. The van der Waals surface area contributed by atoms with Gasteiger partial charge >= 0.3 is 6.03 Å². The number of amides is 2. The van der Waals surface area contributed by atoms with Gasteiger partial charge in [0.15, 0.2) is 0 Å². The van der Waals surface area contributed by atoms with Crippen LogP contribution in [0.3, 0.4) is 0 Å². The average Bonchev–Trinajstić information content (AvgIpc) is 3.29. The van der Waals surface area contributed by atoms with E-state index < -0.39 is 6.04 Å². The van der Waals surface area contributed by atoms with Gasteiger partial charge in [-0.2, -0.15) is 4.98 Å². The summed E-state index contributed by atoms with van der Waals surface area (Å²) in [6.45, 7) is 6.94. The Morgan fingerprint density at radius 3 is 2.68 bits per heavy atom. The molecule has 1 fully saturated rings. The predicted molar refractivity (Wildman–Crippen MR) is 115 cm³/mol. The summed E-state index contributed by atoms with van der Waals surface area (Å²) in [6, 6.07) is 6.54. The lowest BCUT2D eigenvalue weighted by atomic mass is 10.0. The summed E-state index contributed by atoms with van der Waals surface area (Å²) in [6.07, 6.45) is 4.98. The van der Waals surface area contributed by atoms with Crippen LogP contribution in [-0.4, -0.2) is 52.4 Å². The minimum atomic E-state index is -0.446. The van der Waals surface area contributed by atoms with Crippen LogP contribution in [0.25, 0.3) is 11.4 Å². The summed E-state index contributed by atoms with van der Waals surface area (Å²) in [7, 11) is 0. The number of hydrogen-bond acceptors (Lipinski definition) is 8. The zero-order valence-electron chi connectivity index (χ0n) is 17.5. The molecule has 0 aromatic carbocycles. The van der Waals surface area contributed by atoms with Crippen molar-refractivity contribution >= 4 is 17.5 Å². The normalized spacial score (nSPS) is 15.0. The number of rotatable bonds is 6. The maximum Gasteiger partial charge on any atom is 0.319 e. The fourth-order valence-electron chi connectivity index (χ4n) is 3.24. The highest BCUT2D eigenvalue weighted by atomic mass is 16.5. The molecule has 0 saturated carbocycles. The van der Waals surface area contributed by atoms with Gasteiger partial charge in [0.2, 0.25) is 11.7 Å². The lowest BCUT2D eigenvalue weighted by Crippen LogP contribution is -2.37. The molecule has 3 aromatic heterocycles. The standard InChI is InChI=1S/C21H25N7O3/c1-14(2)18(20-26-19(27-31-20)15-4-3-7-22-12-15)25-21(29)24-16-5-6-17(23-13-16)28-8-10-30-11-9-28/h3-7,12-14,18H,8-11H2,1-2H3,(H2,24,25,29). The first-order valence-corrected chi connectivity index (χ1v) is 10.2. The second kappa shape index (κ2) is 9.52. The second-order valence-electron chi connectivity index (χ2n) is 7.52. The highest BCUT2D eigenvalue weighted by Gasteiger charge is 2.25. The first-order valence-electron chi connectivity index (χ1n) is 10.2. The van der Waals surface area contributed by atoms with Crippen molar-refractivity contribution in [3.63, 3.8) is 0 Å². The molecule has 1 saturated heterocycles. The molecule has 4 rings (SSSR count). The Kier molecular flexibility index (Phi) is 6.37. The van der Waals surface area contributed by atoms with E-state index in [0.717, 1.165) is 24.5 Å². The SMILES string of the molecule is CC(C)C(NC(=O)Nc1ccc(N2CCOCC2)nc1)c1nc(-c2cccnc2)no1. The van der Waals surface area contributed by atoms with Crippen molar-refractivity contribution in [2.24, 2.45) is 5.92 Å². The molecule has 1 aliphatic heterocycles. The highest BCUT2D eigenvalue weighted by Crippen LogP contribution is 2.23. The third-order valence-electron chi connectivity index (χ3n) is 4.92. The summed E-state index contributed by atoms with van der Waals surface area (Å²) >= 11 is 0. The predicted octanol–water partition coefficient (Wildman–Crippen LogP) is 2.88. The summed E-state index contributed by atoms with van der Waals surface area (Å²) in [5.41, 5.74) is 1.34. The topological polar surface area (TPSA) is 118 Å². The van der Waals surface area contributed by atoms with Gasteiger partial charge in [-0.05, 0) is 30.2 Å². The zero-order valence-corrected chi connectivity index (χ0v) is 17.5. The van der Waals surface area contributed by atoms with Gasteiger partial charge in [-0.3, -0.25) is 4.98 Å². The van der Waals surface area contributed by atoms with E-state index in [0.29, 0.717) is 30.6 Å². The van der Waals surface area contributed by atoms with Crippen LogP contribution in [0, 0.1) is 5.92 Å². The van der Waals surface area contributed by atoms with Crippen molar-refractivity contribution < 1.29 is 14.1 Å². The Bertz CT molecular complexity index is 986. The van der Waals surface area contributed by atoms with E-state index in [1.54, 1.807) is 24.7 Å². The number of nitrogens with zero attached hydrogens (tertiary/aromatic N) is 5. The van der Waals surface area contributed by atoms with Gasteiger partial charge in [0.05, 0.1) is 25.1 Å². The van der Waals surface area contributed by atoms with Gasteiger partial charge in [-0.1, -0.05) is 19.0 Å². The number of ether oxygens (including phenoxy) is 1. The Morgan fingerprint density at radius 1 is 1.16 bits per heavy atom. The molecule has 1 atom stereocenters. The van der Waals surface area contributed by atoms with Crippen molar-refractivity contribution in [1.29, 1.82) is 0 Å². The Labute approximate surface area is 180 Å².